The Morgan fingerprint density at radius 2 is 1.81 bits per heavy atom. The third kappa shape index (κ3) is 2.80. The Bertz CT molecular complexity index is 1140. The number of benzene rings is 2. The van der Waals surface area contributed by atoms with Crippen LogP contribution in [0.5, 0.6) is 0 Å². The zero-order valence-corrected chi connectivity index (χ0v) is 17.2. The van der Waals surface area contributed by atoms with Crippen LogP contribution < -0.4 is 4.90 Å². The Morgan fingerprint density at radius 3 is 2.65 bits per heavy atom. The largest absolute Gasteiger partial charge is 0.454 e. The predicted molar refractivity (Wildman–Crippen MR) is 112 cm³/mol. The molecule has 5 rings (SSSR count). The van der Waals surface area contributed by atoms with Crippen molar-refractivity contribution in [2.45, 2.75) is 37.8 Å². The molecule has 0 N–H and O–H groups in total. The molecule has 31 heavy (non-hydrogen) atoms. The third-order valence-electron chi connectivity index (χ3n) is 6.62. The second kappa shape index (κ2) is 7.04. The lowest BCUT2D eigenvalue weighted by atomic mass is 9.97. The van der Waals surface area contributed by atoms with Crippen LogP contribution in [0.25, 0.3) is 0 Å². The number of nitrogens with zero attached hydrogens (tertiary/aromatic N) is 2. The van der Waals surface area contributed by atoms with E-state index in [2.05, 4.69) is 0 Å². The molecule has 7 nitrogen and oxygen atoms in total. The van der Waals surface area contributed by atoms with E-state index < -0.39 is 18.2 Å². The summed E-state index contributed by atoms with van der Waals surface area (Å²) in [4.78, 5) is 54.3. The van der Waals surface area contributed by atoms with Crippen LogP contribution in [0, 0.1) is 0 Å². The Kier molecular flexibility index (Phi) is 4.43. The van der Waals surface area contributed by atoms with Gasteiger partial charge in [-0.2, -0.15) is 0 Å². The molecule has 0 unspecified atom stereocenters. The van der Waals surface area contributed by atoms with Crippen LogP contribution >= 0.6 is 0 Å². The van der Waals surface area contributed by atoms with Crippen molar-refractivity contribution in [1.29, 1.82) is 0 Å². The molecule has 3 aliphatic rings. The number of rotatable bonds is 4. The molecule has 1 aliphatic carbocycles. The highest BCUT2D eigenvalue weighted by Crippen LogP contribution is 2.44. The van der Waals surface area contributed by atoms with Crippen LogP contribution in [0.1, 0.15) is 51.1 Å². The lowest BCUT2D eigenvalue weighted by Gasteiger charge is -2.46. The van der Waals surface area contributed by atoms with E-state index in [9.17, 15) is 19.2 Å². The van der Waals surface area contributed by atoms with Gasteiger partial charge >= 0.3 is 5.97 Å². The Morgan fingerprint density at radius 1 is 1.03 bits per heavy atom. The molecule has 158 valence electrons. The molecular formula is C24H22N2O5. The first-order chi connectivity index (χ1) is 14.9. The van der Waals surface area contributed by atoms with E-state index in [4.69, 9.17) is 4.74 Å². The zero-order chi connectivity index (χ0) is 21.8. The number of amides is 2. The smallest absolute Gasteiger partial charge is 0.354 e. The van der Waals surface area contributed by atoms with Crippen molar-refractivity contribution in [2.75, 3.05) is 18.6 Å². The lowest BCUT2D eigenvalue weighted by molar-refractivity contribution is -0.155. The molecule has 2 aliphatic heterocycles. The molecule has 0 saturated carbocycles. The first-order valence-corrected chi connectivity index (χ1v) is 10.5. The summed E-state index contributed by atoms with van der Waals surface area (Å²) >= 11 is 0. The quantitative estimate of drug-likeness (QED) is 0.563. The topological polar surface area (TPSA) is 84.0 Å². The number of hydrogen-bond donors (Lipinski definition) is 0. The maximum Gasteiger partial charge on any atom is 0.354 e. The minimum atomic E-state index is -1.57. The Labute approximate surface area is 179 Å². The number of ether oxygens (including phenoxy) is 1. The van der Waals surface area contributed by atoms with Crippen LogP contribution in [0.4, 0.5) is 5.69 Å². The molecule has 1 fully saturated rings. The summed E-state index contributed by atoms with van der Waals surface area (Å²) in [6, 6.07) is 12.3. The molecule has 7 heteroatoms. The van der Waals surface area contributed by atoms with Crippen LogP contribution in [-0.2, 0) is 27.2 Å². The van der Waals surface area contributed by atoms with E-state index in [1.54, 1.807) is 30.3 Å². The minimum Gasteiger partial charge on any atom is -0.454 e. The van der Waals surface area contributed by atoms with Gasteiger partial charge in [-0.1, -0.05) is 24.3 Å². The molecule has 0 spiro atoms. The second-order valence-corrected chi connectivity index (χ2v) is 8.26. The summed E-state index contributed by atoms with van der Waals surface area (Å²) in [5.41, 5.74) is 2.11. The average Bonchev–Trinajstić information content (AvgIpc) is 3.40. The Balaban J connectivity index is 1.41. The van der Waals surface area contributed by atoms with Crippen molar-refractivity contribution in [1.82, 2.24) is 4.90 Å². The van der Waals surface area contributed by atoms with Gasteiger partial charge in [0.1, 0.15) is 0 Å². The highest BCUT2D eigenvalue weighted by atomic mass is 16.5. The first-order valence-electron chi connectivity index (χ1n) is 10.5. The van der Waals surface area contributed by atoms with Gasteiger partial charge < -0.3 is 9.64 Å². The third-order valence-corrected chi connectivity index (χ3v) is 6.62. The molecule has 1 saturated heterocycles. The monoisotopic (exact) mass is 418 g/mol. The summed E-state index contributed by atoms with van der Waals surface area (Å²) in [5.74, 6) is -1.68. The van der Waals surface area contributed by atoms with Crippen molar-refractivity contribution in [3.8, 4) is 0 Å². The molecule has 2 aromatic rings. The number of hydrogen-bond acceptors (Lipinski definition) is 5. The van der Waals surface area contributed by atoms with Gasteiger partial charge in [-0.05, 0) is 48.6 Å². The van der Waals surface area contributed by atoms with Gasteiger partial charge in [-0.15, -0.1) is 0 Å². The normalized spacial score (nSPS) is 21.6. The molecule has 0 radical (unpaired) electrons. The maximum absolute atomic E-state index is 13.3. The van der Waals surface area contributed by atoms with Gasteiger partial charge in [0.05, 0.1) is 11.3 Å². The molecule has 2 heterocycles. The average molecular weight is 418 g/mol. The highest BCUT2D eigenvalue weighted by Gasteiger charge is 2.60. The Hall–Kier alpha value is -3.48. The second-order valence-electron chi connectivity index (χ2n) is 8.26. The molecule has 2 amide bonds. The fourth-order valence-corrected chi connectivity index (χ4v) is 4.97. The van der Waals surface area contributed by atoms with E-state index in [1.165, 1.54) is 22.4 Å². The fraction of sp³-hybridized carbons (Fsp3) is 0.333. The van der Waals surface area contributed by atoms with Crippen LogP contribution in [-0.4, -0.2) is 47.8 Å². The number of carbonyl (C=O) groups is 4. The van der Waals surface area contributed by atoms with Crippen molar-refractivity contribution in [3.05, 3.63) is 64.7 Å². The number of aryl methyl sites for hydroxylation is 2. The van der Waals surface area contributed by atoms with Gasteiger partial charge in [0.15, 0.2) is 12.4 Å². The predicted octanol–water partition coefficient (Wildman–Crippen LogP) is 2.51. The summed E-state index contributed by atoms with van der Waals surface area (Å²) in [7, 11) is 1.49. The van der Waals surface area contributed by atoms with E-state index in [1.807, 2.05) is 12.1 Å². The van der Waals surface area contributed by atoms with Gasteiger partial charge in [0.25, 0.3) is 5.91 Å². The van der Waals surface area contributed by atoms with Crippen molar-refractivity contribution in [3.63, 3.8) is 0 Å². The van der Waals surface area contributed by atoms with Crippen LogP contribution in [0.15, 0.2) is 42.5 Å². The van der Waals surface area contributed by atoms with Gasteiger partial charge in [-0.25, -0.2) is 4.79 Å². The number of para-hydroxylation sites is 1. The van der Waals surface area contributed by atoms with Crippen LogP contribution in [0.2, 0.25) is 0 Å². The molecule has 2 aromatic carbocycles. The molecule has 1 atom stereocenters. The fourth-order valence-electron chi connectivity index (χ4n) is 4.97. The summed E-state index contributed by atoms with van der Waals surface area (Å²) in [6.07, 6.45) is 3.28. The number of Topliss-reactive ketones (excluding diaryl/α,β-unsaturated/α-hetero) is 1. The number of likely N-dealkylation sites (N-methyl/N-ethyl adjacent to an activating group) is 1. The number of ketones is 1. The molecule has 0 aromatic heterocycles. The highest BCUT2D eigenvalue weighted by molar-refractivity contribution is 6.15. The van der Waals surface area contributed by atoms with Gasteiger partial charge in [0, 0.05) is 25.5 Å². The SMILES string of the molecule is CN1C(=O)c2ccccc2N2C(=O)CC[C@@]12C(=O)OCC(=O)c1ccc2c(c1)CCC2. The lowest BCUT2D eigenvalue weighted by Crippen LogP contribution is -2.67. The van der Waals surface area contributed by atoms with E-state index in [0.29, 0.717) is 16.8 Å². The van der Waals surface area contributed by atoms with Crippen molar-refractivity contribution < 1.29 is 23.9 Å². The van der Waals surface area contributed by atoms with Crippen molar-refractivity contribution in [2.24, 2.45) is 0 Å². The van der Waals surface area contributed by atoms with Crippen LogP contribution in [0.3, 0.4) is 0 Å². The number of esters is 1. The van der Waals surface area contributed by atoms with Crippen molar-refractivity contribution >= 4 is 29.3 Å². The number of carbonyl (C=O) groups excluding carboxylic acids is 4. The van der Waals surface area contributed by atoms with E-state index in [-0.39, 0.29) is 30.4 Å². The number of anilines is 1. The molecular weight excluding hydrogens is 396 g/mol. The van der Waals surface area contributed by atoms with E-state index >= 15 is 0 Å². The first kappa shape index (κ1) is 19.5. The minimum absolute atomic E-state index is 0.111. The van der Waals surface area contributed by atoms with Gasteiger partial charge in [-0.3, -0.25) is 19.3 Å². The maximum atomic E-state index is 13.3. The zero-order valence-electron chi connectivity index (χ0n) is 17.2. The summed E-state index contributed by atoms with van der Waals surface area (Å²) in [6.45, 7) is -0.439. The number of fused-ring (bicyclic) bond motifs is 4. The van der Waals surface area contributed by atoms with Gasteiger partial charge in [0.2, 0.25) is 11.6 Å². The standard InChI is InChI=1S/C24H22N2O5/c1-25-22(29)18-7-2-3-8-19(18)26-21(28)11-12-24(25,26)23(30)31-14-20(27)17-10-9-15-5-4-6-16(15)13-17/h2-3,7-10,13H,4-6,11-12,14H2,1H3/t24-/m1/s1. The van der Waals surface area contributed by atoms with E-state index in [0.717, 1.165) is 24.8 Å². The summed E-state index contributed by atoms with van der Waals surface area (Å²) < 4.78 is 5.43. The molecule has 0 bridgehead atoms. The summed E-state index contributed by atoms with van der Waals surface area (Å²) in [5, 5.41) is 0.